The molecule has 0 aliphatic carbocycles. The highest BCUT2D eigenvalue weighted by atomic mass is 16.6. The molecule has 0 spiro atoms. The predicted octanol–water partition coefficient (Wildman–Crippen LogP) is 2.21. The van der Waals surface area contributed by atoms with Gasteiger partial charge in [-0.2, -0.15) is 0 Å². The lowest BCUT2D eigenvalue weighted by molar-refractivity contribution is -0.123. The second kappa shape index (κ2) is 3.59. The van der Waals surface area contributed by atoms with E-state index in [4.69, 9.17) is 0 Å². The van der Waals surface area contributed by atoms with E-state index in [0.717, 1.165) is 0 Å². The molecule has 0 fully saturated rings. The number of hydrogen-bond donors (Lipinski definition) is 1. The third-order valence-electron chi connectivity index (χ3n) is 2.22. The van der Waals surface area contributed by atoms with Gasteiger partial charge < -0.3 is 5.32 Å². The van der Waals surface area contributed by atoms with Crippen LogP contribution < -0.4 is 5.32 Å². The maximum Gasteiger partial charge on any atom is 0.229 e. The minimum atomic E-state index is -0.445. The Morgan fingerprint density at radius 3 is 2.75 bits per heavy atom. The maximum atomic E-state index is 11.8. The summed E-state index contributed by atoms with van der Waals surface area (Å²) < 4.78 is 4.62. The summed E-state index contributed by atoms with van der Waals surface area (Å²) in [5.41, 5.74) is 1.38. The predicted molar refractivity (Wildman–Crippen MR) is 59.9 cm³/mol. The lowest BCUT2D eigenvalue weighted by Gasteiger charge is -2.17. The van der Waals surface area contributed by atoms with Crippen LogP contribution in [0.4, 0.5) is 5.69 Å². The first-order chi connectivity index (χ1) is 7.48. The standard InChI is InChI=1S/C11H13N3O2/c1-11(2,3)10(15)12-7-5-4-6-8-9(7)14-16-13-8/h4-6H,1-3H3,(H,12,15). The number of anilines is 1. The molecule has 2 rings (SSSR count). The van der Waals surface area contributed by atoms with Gasteiger partial charge >= 0.3 is 0 Å². The normalized spacial score (nSPS) is 11.7. The molecular weight excluding hydrogens is 206 g/mol. The van der Waals surface area contributed by atoms with Gasteiger partial charge in [-0.3, -0.25) is 4.79 Å². The molecule has 1 amide bonds. The molecule has 1 heterocycles. The van der Waals surface area contributed by atoms with Gasteiger partial charge in [-0.25, -0.2) is 4.63 Å². The van der Waals surface area contributed by atoms with Crippen molar-refractivity contribution in [3.05, 3.63) is 18.2 Å². The number of rotatable bonds is 1. The van der Waals surface area contributed by atoms with Crippen molar-refractivity contribution in [2.24, 2.45) is 5.41 Å². The number of benzene rings is 1. The van der Waals surface area contributed by atoms with E-state index in [1.807, 2.05) is 20.8 Å². The zero-order valence-corrected chi connectivity index (χ0v) is 9.44. The molecule has 0 radical (unpaired) electrons. The summed E-state index contributed by atoms with van der Waals surface area (Å²) in [7, 11) is 0. The van der Waals surface area contributed by atoms with Crippen molar-refractivity contribution >= 4 is 22.6 Å². The van der Waals surface area contributed by atoms with Gasteiger partial charge in [0.25, 0.3) is 0 Å². The van der Waals surface area contributed by atoms with Gasteiger partial charge in [0.15, 0.2) is 5.52 Å². The summed E-state index contributed by atoms with van der Waals surface area (Å²) in [5, 5.41) is 10.3. The van der Waals surface area contributed by atoms with Crippen LogP contribution >= 0.6 is 0 Å². The molecule has 84 valence electrons. The third kappa shape index (κ3) is 1.88. The van der Waals surface area contributed by atoms with E-state index in [9.17, 15) is 4.79 Å². The average molecular weight is 219 g/mol. The topological polar surface area (TPSA) is 68.0 Å². The van der Waals surface area contributed by atoms with Crippen LogP contribution in [-0.2, 0) is 4.79 Å². The molecule has 0 aliphatic heterocycles. The summed E-state index contributed by atoms with van der Waals surface area (Å²) in [6.07, 6.45) is 0. The fourth-order valence-corrected chi connectivity index (χ4v) is 1.22. The minimum Gasteiger partial charge on any atom is -0.324 e. The number of amides is 1. The first kappa shape index (κ1) is 10.6. The zero-order valence-electron chi connectivity index (χ0n) is 9.44. The van der Waals surface area contributed by atoms with Crippen molar-refractivity contribution in [1.29, 1.82) is 0 Å². The molecule has 0 unspecified atom stereocenters. The lowest BCUT2D eigenvalue weighted by Crippen LogP contribution is -2.27. The third-order valence-corrected chi connectivity index (χ3v) is 2.22. The summed E-state index contributed by atoms with van der Waals surface area (Å²) in [4.78, 5) is 11.8. The molecule has 0 saturated carbocycles. The molecular formula is C11H13N3O2. The Morgan fingerprint density at radius 2 is 2.06 bits per heavy atom. The van der Waals surface area contributed by atoms with Crippen LogP contribution in [0.3, 0.4) is 0 Å². The molecule has 1 aromatic heterocycles. The van der Waals surface area contributed by atoms with Crippen LogP contribution in [0.15, 0.2) is 22.8 Å². The highest BCUT2D eigenvalue weighted by molar-refractivity contribution is 6.01. The van der Waals surface area contributed by atoms with Gasteiger partial charge in [0, 0.05) is 5.41 Å². The first-order valence-corrected chi connectivity index (χ1v) is 5.01. The highest BCUT2D eigenvalue weighted by Gasteiger charge is 2.22. The first-order valence-electron chi connectivity index (χ1n) is 5.01. The van der Waals surface area contributed by atoms with Crippen LogP contribution in [-0.4, -0.2) is 16.2 Å². The van der Waals surface area contributed by atoms with Gasteiger partial charge in [0.2, 0.25) is 5.91 Å². The van der Waals surface area contributed by atoms with Crippen LogP contribution in [0.25, 0.3) is 11.0 Å². The largest absolute Gasteiger partial charge is 0.324 e. The number of hydrogen-bond acceptors (Lipinski definition) is 4. The van der Waals surface area contributed by atoms with Crippen molar-refractivity contribution in [3.63, 3.8) is 0 Å². The number of fused-ring (bicyclic) bond motifs is 1. The van der Waals surface area contributed by atoms with Crippen molar-refractivity contribution in [2.75, 3.05) is 5.32 Å². The van der Waals surface area contributed by atoms with Crippen molar-refractivity contribution in [1.82, 2.24) is 10.3 Å². The van der Waals surface area contributed by atoms with Crippen molar-refractivity contribution in [3.8, 4) is 0 Å². The number of nitrogens with one attached hydrogen (secondary N) is 1. The molecule has 0 saturated heterocycles. The quantitative estimate of drug-likeness (QED) is 0.798. The lowest BCUT2D eigenvalue weighted by atomic mass is 9.95. The fraction of sp³-hybridized carbons (Fsp3) is 0.364. The molecule has 1 N–H and O–H groups in total. The van der Waals surface area contributed by atoms with Crippen LogP contribution in [0.2, 0.25) is 0 Å². The molecule has 1 aromatic carbocycles. The Labute approximate surface area is 92.8 Å². The molecule has 16 heavy (non-hydrogen) atoms. The van der Waals surface area contributed by atoms with Crippen molar-refractivity contribution in [2.45, 2.75) is 20.8 Å². The average Bonchev–Trinajstić information content (AvgIpc) is 2.65. The van der Waals surface area contributed by atoms with E-state index in [2.05, 4.69) is 20.3 Å². The Morgan fingerprint density at radius 1 is 1.31 bits per heavy atom. The molecule has 0 bridgehead atoms. The van der Waals surface area contributed by atoms with Gasteiger partial charge in [-0.05, 0) is 22.4 Å². The molecule has 5 heteroatoms. The Bertz CT molecular complexity index is 525. The second-order valence-electron chi connectivity index (χ2n) is 4.64. The summed E-state index contributed by atoms with van der Waals surface area (Å²) in [6, 6.07) is 5.35. The Kier molecular flexibility index (Phi) is 2.38. The number of nitrogens with zero attached hydrogens (tertiary/aromatic N) is 2. The van der Waals surface area contributed by atoms with E-state index < -0.39 is 5.41 Å². The highest BCUT2D eigenvalue weighted by Crippen LogP contribution is 2.22. The van der Waals surface area contributed by atoms with E-state index in [1.165, 1.54) is 0 Å². The SMILES string of the molecule is CC(C)(C)C(=O)Nc1cccc2nonc12. The van der Waals surface area contributed by atoms with E-state index in [-0.39, 0.29) is 5.91 Å². The second-order valence-corrected chi connectivity index (χ2v) is 4.64. The number of carbonyl (C=O) groups excluding carboxylic acids is 1. The van der Waals surface area contributed by atoms with E-state index in [1.54, 1.807) is 18.2 Å². The van der Waals surface area contributed by atoms with Gasteiger partial charge in [-0.15, -0.1) is 0 Å². The van der Waals surface area contributed by atoms with Crippen LogP contribution in [0, 0.1) is 5.41 Å². The number of carbonyl (C=O) groups is 1. The smallest absolute Gasteiger partial charge is 0.229 e. The Balaban J connectivity index is 2.35. The monoisotopic (exact) mass is 219 g/mol. The summed E-state index contributed by atoms with van der Waals surface area (Å²) >= 11 is 0. The van der Waals surface area contributed by atoms with Crippen LogP contribution in [0.1, 0.15) is 20.8 Å². The molecule has 2 aromatic rings. The minimum absolute atomic E-state index is 0.0667. The molecule has 0 atom stereocenters. The van der Waals surface area contributed by atoms with Crippen LogP contribution in [0.5, 0.6) is 0 Å². The summed E-state index contributed by atoms with van der Waals surface area (Å²) in [6.45, 7) is 5.55. The maximum absolute atomic E-state index is 11.8. The molecule has 0 aliphatic rings. The van der Waals surface area contributed by atoms with Gasteiger partial charge in [0.05, 0.1) is 5.69 Å². The van der Waals surface area contributed by atoms with Gasteiger partial charge in [0.1, 0.15) is 5.52 Å². The summed E-state index contributed by atoms with van der Waals surface area (Å²) in [5.74, 6) is -0.0667. The molecule has 5 nitrogen and oxygen atoms in total. The fourth-order valence-electron chi connectivity index (χ4n) is 1.22. The Hall–Kier alpha value is -1.91. The van der Waals surface area contributed by atoms with Crippen molar-refractivity contribution < 1.29 is 9.42 Å². The van der Waals surface area contributed by atoms with E-state index in [0.29, 0.717) is 16.7 Å². The van der Waals surface area contributed by atoms with E-state index >= 15 is 0 Å². The number of aromatic nitrogens is 2. The zero-order chi connectivity index (χ0) is 11.8. The van der Waals surface area contributed by atoms with Gasteiger partial charge in [-0.1, -0.05) is 26.8 Å².